The molecule has 0 amide bonds. The van der Waals surface area contributed by atoms with Gasteiger partial charge in [-0.15, -0.1) is 11.3 Å². The summed E-state index contributed by atoms with van der Waals surface area (Å²) < 4.78 is 0.874. The number of hydrogen-bond donors (Lipinski definition) is 0. The first kappa shape index (κ1) is 11.8. The lowest BCUT2D eigenvalue weighted by Gasteiger charge is -2.29. The zero-order valence-electron chi connectivity index (χ0n) is 9.69. The summed E-state index contributed by atoms with van der Waals surface area (Å²) in [6.45, 7) is 1.89. The van der Waals surface area contributed by atoms with Crippen molar-refractivity contribution in [1.29, 1.82) is 5.26 Å². The second-order valence-electron chi connectivity index (χ2n) is 4.29. The molecular weight excluding hydrogens is 308 g/mol. The summed E-state index contributed by atoms with van der Waals surface area (Å²) in [6.07, 6.45) is 1.07. The van der Waals surface area contributed by atoms with Crippen LogP contribution in [0.25, 0.3) is 0 Å². The van der Waals surface area contributed by atoms with Crippen LogP contribution in [0.4, 0.5) is 5.69 Å². The van der Waals surface area contributed by atoms with Gasteiger partial charge in [-0.2, -0.15) is 5.26 Å². The zero-order valence-corrected chi connectivity index (χ0v) is 12.1. The van der Waals surface area contributed by atoms with Gasteiger partial charge in [-0.05, 0) is 51.5 Å². The molecular formula is C14H11BrN2S. The lowest BCUT2D eigenvalue weighted by Crippen LogP contribution is -2.30. The second kappa shape index (κ2) is 4.75. The van der Waals surface area contributed by atoms with E-state index < -0.39 is 0 Å². The summed E-state index contributed by atoms with van der Waals surface area (Å²) in [6, 6.07) is 10.4. The standard InChI is InChI=1S/C14H11BrN2S/c15-12-2-1-3-13(11(12)8-16)17-6-4-14-10(9-17)5-7-18-14/h1-3,5,7H,4,6,9H2. The fourth-order valence-electron chi connectivity index (χ4n) is 2.34. The summed E-state index contributed by atoms with van der Waals surface area (Å²) in [5.74, 6) is 0. The van der Waals surface area contributed by atoms with E-state index in [1.54, 1.807) is 0 Å². The lowest BCUT2D eigenvalue weighted by molar-refractivity contribution is 0.742. The fraction of sp³-hybridized carbons (Fsp3) is 0.214. The molecule has 18 heavy (non-hydrogen) atoms. The number of rotatable bonds is 1. The third kappa shape index (κ3) is 1.94. The quantitative estimate of drug-likeness (QED) is 0.796. The van der Waals surface area contributed by atoms with Crippen molar-refractivity contribution in [2.75, 3.05) is 11.4 Å². The number of anilines is 1. The molecule has 2 aromatic rings. The number of nitriles is 1. The Hall–Kier alpha value is -1.31. The minimum atomic E-state index is 0.733. The van der Waals surface area contributed by atoms with Crippen molar-refractivity contribution in [1.82, 2.24) is 0 Å². The van der Waals surface area contributed by atoms with Crippen LogP contribution in [-0.2, 0) is 13.0 Å². The highest BCUT2D eigenvalue weighted by molar-refractivity contribution is 9.10. The zero-order chi connectivity index (χ0) is 12.5. The minimum absolute atomic E-state index is 0.733. The van der Waals surface area contributed by atoms with Crippen LogP contribution in [0, 0.1) is 11.3 Å². The molecule has 3 rings (SSSR count). The van der Waals surface area contributed by atoms with Gasteiger partial charge >= 0.3 is 0 Å². The maximum Gasteiger partial charge on any atom is 0.103 e. The summed E-state index contributed by atoms with van der Waals surface area (Å²) in [5, 5.41) is 11.4. The SMILES string of the molecule is N#Cc1c(Br)cccc1N1CCc2sccc2C1. The van der Waals surface area contributed by atoms with E-state index in [-0.39, 0.29) is 0 Å². The first-order valence-corrected chi connectivity index (χ1v) is 7.45. The molecule has 1 aromatic carbocycles. The van der Waals surface area contributed by atoms with Gasteiger partial charge in [0.2, 0.25) is 0 Å². The molecule has 0 atom stereocenters. The van der Waals surface area contributed by atoms with Crippen molar-refractivity contribution in [3.8, 4) is 6.07 Å². The Morgan fingerprint density at radius 3 is 3.06 bits per heavy atom. The molecule has 0 unspecified atom stereocenters. The molecule has 1 aromatic heterocycles. The largest absolute Gasteiger partial charge is 0.366 e. The fourth-order valence-corrected chi connectivity index (χ4v) is 3.68. The van der Waals surface area contributed by atoms with Gasteiger partial charge in [-0.1, -0.05) is 6.07 Å². The third-order valence-electron chi connectivity index (χ3n) is 3.25. The highest BCUT2D eigenvalue weighted by Crippen LogP contribution is 2.32. The van der Waals surface area contributed by atoms with Crippen molar-refractivity contribution in [3.05, 3.63) is 50.1 Å². The first-order chi connectivity index (χ1) is 8.79. The van der Waals surface area contributed by atoms with E-state index in [2.05, 4.69) is 38.3 Å². The molecule has 0 saturated heterocycles. The number of hydrogen-bond acceptors (Lipinski definition) is 3. The topological polar surface area (TPSA) is 27.0 Å². The summed E-state index contributed by atoms with van der Waals surface area (Å²) in [5.41, 5.74) is 3.16. The Bertz CT molecular complexity index is 627. The van der Waals surface area contributed by atoms with E-state index in [0.717, 1.165) is 35.2 Å². The van der Waals surface area contributed by atoms with E-state index in [9.17, 15) is 5.26 Å². The van der Waals surface area contributed by atoms with Crippen LogP contribution in [-0.4, -0.2) is 6.54 Å². The van der Waals surface area contributed by atoms with Crippen molar-refractivity contribution in [3.63, 3.8) is 0 Å². The Balaban J connectivity index is 1.99. The third-order valence-corrected chi connectivity index (χ3v) is 4.94. The number of halogens is 1. The van der Waals surface area contributed by atoms with Gasteiger partial charge in [-0.3, -0.25) is 0 Å². The van der Waals surface area contributed by atoms with Gasteiger partial charge in [0.15, 0.2) is 0 Å². The maximum absolute atomic E-state index is 9.28. The van der Waals surface area contributed by atoms with E-state index in [1.807, 2.05) is 29.5 Å². The Labute approximate surface area is 119 Å². The number of thiophene rings is 1. The molecule has 0 radical (unpaired) electrons. The number of fused-ring (bicyclic) bond motifs is 1. The molecule has 1 aliphatic heterocycles. The van der Waals surface area contributed by atoms with Gasteiger partial charge in [0.1, 0.15) is 6.07 Å². The molecule has 0 aliphatic carbocycles. The number of nitrogens with zero attached hydrogens (tertiary/aromatic N) is 2. The van der Waals surface area contributed by atoms with Gasteiger partial charge in [0.05, 0.1) is 11.3 Å². The average Bonchev–Trinajstić information content (AvgIpc) is 2.85. The molecule has 0 N–H and O–H groups in total. The van der Waals surface area contributed by atoms with E-state index in [1.165, 1.54) is 10.4 Å². The predicted molar refractivity (Wildman–Crippen MR) is 77.9 cm³/mol. The van der Waals surface area contributed by atoms with E-state index in [4.69, 9.17) is 0 Å². The molecule has 90 valence electrons. The van der Waals surface area contributed by atoms with Crippen LogP contribution in [0.1, 0.15) is 16.0 Å². The predicted octanol–water partition coefficient (Wildman–Crippen LogP) is 3.94. The summed E-state index contributed by atoms with van der Waals surface area (Å²) >= 11 is 5.29. The van der Waals surface area contributed by atoms with Crippen molar-refractivity contribution < 1.29 is 0 Å². The van der Waals surface area contributed by atoms with Gasteiger partial charge in [-0.25, -0.2) is 0 Å². The van der Waals surface area contributed by atoms with E-state index in [0.29, 0.717) is 0 Å². The molecule has 2 heterocycles. The second-order valence-corrected chi connectivity index (χ2v) is 6.14. The number of benzene rings is 1. The lowest BCUT2D eigenvalue weighted by atomic mass is 10.1. The molecule has 2 nitrogen and oxygen atoms in total. The highest BCUT2D eigenvalue weighted by Gasteiger charge is 2.20. The van der Waals surface area contributed by atoms with Gasteiger partial charge in [0.25, 0.3) is 0 Å². The summed E-state index contributed by atoms with van der Waals surface area (Å²) in [7, 11) is 0. The molecule has 0 spiro atoms. The molecule has 0 fully saturated rings. The normalized spacial score (nSPS) is 14.1. The Kier molecular flexibility index (Phi) is 3.11. The average molecular weight is 319 g/mol. The minimum Gasteiger partial charge on any atom is -0.366 e. The van der Waals surface area contributed by atoms with Crippen LogP contribution < -0.4 is 4.90 Å². The smallest absolute Gasteiger partial charge is 0.103 e. The van der Waals surface area contributed by atoms with Crippen LogP contribution in [0.5, 0.6) is 0 Å². The highest BCUT2D eigenvalue weighted by atomic mass is 79.9. The molecule has 0 bridgehead atoms. The van der Waals surface area contributed by atoms with Crippen LogP contribution in [0.2, 0.25) is 0 Å². The van der Waals surface area contributed by atoms with Crippen LogP contribution in [0.3, 0.4) is 0 Å². The maximum atomic E-state index is 9.28. The Morgan fingerprint density at radius 2 is 2.22 bits per heavy atom. The van der Waals surface area contributed by atoms with Gasteiger partial charge < -0.3 is 4.90 Å². The van der Waals surface area contributed by atoms with Crippen LogP contribution in [0.15, 0.2) is 34.1 Å². The van der Waals surface area contributed by atoms with Crippen molar-refractivity contribution in [2.24, 2.45) is 0 Å². The monoisotopic (exact) mass is 318 g/mol. The van der Waals surface area contributed by atoms with E-state index >= 15 is 0 Å². The Morgan fingerprint density at radius 1 is 1.33 bits per heavy atom. The summed E-state index contributed by atoms with van der Waals surface area (Å²) in [4.78, 5) is 3.78. The van der Waals surface area contributed by atoms with Crippen molar-refractivity contribution >= 4 is 33.0 Å². The molecule has 4 heteroatoms. The van der Waals surface area contributed by atoms with Crippen molar-refractivity contribution in [2.45, 2.75) is 13.0 Å². The molecule has 1 aliphatic rings. The molecule has 0 saturated carbocycles. The van der Waals surface area contributed by atoms with Gasteiger partial charge in [0, 0.05) is 22.4 Å². The first-order valence-electron chi connectivity index (χ1n) is 5.78. The van der Waals surface area contributed by atoms with Crippen LogP contribution >= 0.6 is 27.3 Å².